The van der Waals surface area contributed by atoms with E-state index in [9.17, 15) is 4.79 Å². The third kappa shape index (κ3) is 4.54. The number of thioether (sulfide) groups is 1. The molecule has 1 aromatic carbocycles. The van der Waals surface area contributed by atoms with Crippen LogP contribution in [0.15, 0.2) is 47.8 Å². The van der Waals surface area contributed by atoms with Crippen molar-refractivity contribution in [2.24, 2.45) is 0 Å². The molecular weight excluding hydrogens is 282 g/mol. The smallest absolute Gasteiger partial charge is 0.271 e. The van der Waals surface area contributed by atoms with Crippen molar-refractivity contribution in [1.82, 2.24) is 15.3 Å². The van der Waals surface area contributed by atoms with Crippen molar-refractivity contribution >= 4 is 29.3 Å². The highest BCUT2D eigenvalue weighted by atomic mass is 35.5. The first-order valence-corrected chi connectivity index (χ1v) is 7.04. The van der Waals surface area contributed by atoms with E-state index in [1.165, 1.54) is 18.6 Å². The van der Waals surface area contributed by atoms with Crippen molar-refractivity contribution in [1.29, 1.82) is 0 Å². The van der Waals surface area contributed by atoms with Crippen LogP contribution in [0.2, 0.25) is 5.02 Å². The van der Waals surface area contributed by atoms with Crippen LogP contribution < -0.4 is 5.32 Å². The standard InChI is InChI=1S/C13H12ClN3OS/c14-10-1-3-11(4-2-10)19-8-7-17-13(18)12-9-15-5-6-16-12/h1-6,9H,7-8H2,(H,17,18). The zero-order valence-electron chi connectivity index (χ0n) is 10.0. The van der Waals surface area contributed by atoms with Crippen LogP contribution in [0.3, 0.4) is 0 Å². The molecule has 0 saturated heterocycles. The van der Waals surface area contributed by atoms with Crippen LogP contribution in [0.4, 0.5) is 0 Å². The van der Waals surface area contributed by atoms with E-state index >= 15 is 0 Å². The van der Waals surface area contributed by atoms with E-state index in [0.717, 1.165) is 15.7 Å². The second-order valence-electron chi connectivity index (χ2n) is 3.65. The molecule has 1 N–H and O–H groups in total. The van der Waals surface area contributed by atoms with Gasteiger partial charge in [-0.2, -0.15) is 0 Å². The number of aromatic nitrogens is 2. The molecule has 0 aliphatic rings. The van der Waals surface area contributed by atoms with E-state index in [0.29, 0.717) is 12.2 Å². The molecule has 0 aliphatic carbocycles. The molecule has 0 radical (unpaired) electrons. The molecule has 0 aliphatic heterocycles. The van der Waals surface area contributed by atoms with Gasteiger partial charge in [0.05, 0.1) is 6.20 Å². The maximum atomic E-state index is 11.7. The number of benzene rings is 1. The molecule has 0 atom stereocenters. The van der Waals surface area contributed by atoms with Gasteiger partial charge in [0.15, 0.2) is 0 Å². The van der Waals surface area contributed by atoms with E-state index in [1.54, 1.807) is 11.8 Å². The molecular formula is C13H12ClN3OS. The van der Waals surface area contributed by atoms with E-state index in [2.05, 4.69) is 15.3 Å². The summed E-state index contributed by atoms with van der Waals surface area (Å²) in [6.07, 6.45) is 4.48. The van der Waals surface area contributed by atoms with Crippen LogP contribution >= 0.6 is 23.4 Å². The first-order valence-electron chi connectivity index (χ1n) is 5.68. The maximum Gasteiger partial charge on any atom is 0.271 e. The fraction of sp³-hybridized carbons (Fsp3) is 0.154. The number of hydrogen-bond acceptors (Lipinski definition) is 4. The molecule has 0 fully saturated rings. The Labute approximate surface area is 120 Å². The predicted octanol–water partition coefficient (Wildman–Crippen LogP) is 2.65. The lowest BCUT2D eigenvalue weighted by molar-refractivity contribution is 0.0951. The van der Waals surface area contributed by atoms with E-state index in [4.69, 9.17) is 11.6 Å². The number of rotatable bonds is 5. The van der Waals surface area contributed by atoms with Gasteiger partial charge < -0.3 is 5.32 Å². The number of halogens is 1. The molecule has 1 aromatic heterocycles. The summed E-state index contributed by atoms with van der Waals surface area (Å²) in [6, 6.07) is 7.61. The minimum Gasteiger partial charge on any atom is -0.350 e. The molecule has 0 bridgehead atoms. The van der Waals surface area contributed by atoms with E-state index in [1.807, 2.05) is 24.3 Å². The zero-order chi connectivity index (χ0) is 13.5. The Hall–Kier alpha value is -1.59. The van der Waals surface area contributed by atoms with Crippen molar-refractivity contribution in [3.05, 3.63) is 53.6 Å². The predicted molar refractivity (Wildman–Crippen MR) is 76.5 cm³/mol. The van der Waals surface area contributed by atoms with Gasteiger partial charge in [0.1, 0.15) is 5.69 Å². The van der Waals surface area contributed by atoms with Gasteiger partial charge in [0.25, 0.3) is 5.91 Å². The third-order valence-electron chi connectivity index (χ3n) is 2.27. The minimum absolute atomic E-state index is 0.204. The molecule has 0 unspecified atom stereocenters. The molecule has 0 spiro atoms. The van der Waals surface area contributed by atoms with Crippen LogP contribution in [0.25, 0.3) is 0 Å². The SMILES string of the molecule is O=C(NCCSc1ccc(Cl)cc1)c1cnccn1. The van der Waals surface area contributed by atoms with Crippen LogP contribution in [-0.4, -0.2) is 28.2 Å². The molecule has 98 valence electrons. The number of carbonyl (C=O) groups excluding carboxylic acids is 1. The lowest BCUT2D eigenvalue weighted by Crippen LogP contribution is -2.26. The lowest BCUT2D eigenvalue weighted by atomic mass is 10.4. The second-order valence-corrected chi connectivity index (χ2v) is 5.25. The summed E-state index contributed by atoms with van der Waals surface area (Å²) in [5.74, 6) is 0.581. The molecule has 1 heterocycles. The molecule has 4 nitrogen and oxygen atoms in total. The highest BCUT2D eigenvalue weighted by molar-refractivity contribution is 7.99. The number of hydrogen-bond donors (Lipinski definition) is 1. The van der Waals surface area contributed by atoms with Gasteiger partial charge in [-0.15, -0.1) is 11.8 Å². The van der Waals surface area contributed by atoms with E-state index in [-0.39, 0.29) is 5.91 Å². The summed E-state index contributed by atoms with van der Waals surface area (Å²) in [6.45, 7) is 0.572. The highest BCUT2D eigenvalue weighted by Gasteiger charge is 2.05. The fourth-order valence-electron chi connectivity index (χ4n) is 1.37. The van der Waals surface area contributed by atoms with Gasteiger partial charge in [0.2, 0.25) is 0 Å². The Balaban J connectivity index is 1.72. The number of carbonyl (C=O) groups is 1. The monoisotopic (exact) mass is 293 g/mol. The first-order chi connectivity index (χ1) is 9.25. The fourth-order valence-corrected chi connectivity index (χ4v) is 2.27. The quantitative estimate of drug-likeness (QED) is 0.680. The average Bonchev–Trinajstić information content (AvgIpc) is 2.46. The van der Waals surface area contributed by atoms with Crippen LogP contribution in [0.5, 0.6) is 0 Å². The van der Waals surface area contributed by atoms with Crippen molar-refractivity contribution in [3.8, 4) is 0 Å². The maximum absolute atomic E-state index is 11.7. The van der Waals surface area contributed by atoms with Crippen molar-refractivity contribution in [2.45, 2.75) is 4.90 Å². The van der Waals surface area contributed by atoms with Gasteiger partial charge in [-0.25, -0.2) is 4.98 Å². The van der Waals surface area contributed by atoms with E-state index < -0.39 is 0 Å². The molecule has 1 amide bonds. The van der Waals surface area contributed by atoms with Crippen molar-refractivity contribution in [3.63, 3.8) is 0 Å². The minimum atomic E-state index is -0.204. The molecule has 19 heavy (non-hydrogen) atoms. The Morgan fingerprint density at radius 2 is 2.05 bits per heavy atom. The highest BCUT2D eigenvalue weighted by Crippen LogP contribution is 2.19. The largest absolute Gasteiger partial charge is 0.350 e. The summed E-state index contributed by atoms with van der Waals surface area (Å²) in [7, 11) is 0. The number of amides is 1. The molecule has 2 rings (SSSR count). The lowest BCUT2D eigenvalue weighted by Gasteiger charge is -2.04. The van der Waals surface area contributed by atoms with Gasteiger partial charge >= 0.3 is 0 Å². The molecule has 6 heteroatoms. The summed E-state index contributed by atoms with van der Waals surface area (Å²) in [4.78, 5) is 20.6. The van der Waals surface area contributed by atoms with Gasteiger partial charge in [-0.3, -0.25) is 9.78 Å². The normalized spacial score (nSPS) is 10.2. The van der Waals surface area contributed by atoms with Crippen molar-refractivity contribution in [2.75, 3.05) is 12.3 Å². The summed E-state index contributed by atoms with van der Waals surface area (Å²) < 4.78 is 0. The van der Waals surface area contributed by atoms with Crippen molar-refractivity contribution < 1.29 is 4.79 Å². The topological polar surface area (TPSA) is 54.9 Å². The number of nitrogens with one attached hydrogen (secondary N) is 1. The van der Waals surface area contributed by atoms with Gasteiger partial charge in [-0.05, 0) is 24.3 Å². The Morgan fingerprint density at radius 1 is 1.26 bits per heavy atom. The number of nitrogens with zero attached hydrogens (tertiary/aromatic N) is 2. The van der Waals surface area contributed by atoms with Gasteiger partial charge in [-0.1, -0.05) is 11.6 Å². The Kier molecular flexibility index (Phi) is 5.18. The Morgan fingerprint density at radius 3 is 2.74 bits per heavy atom. The average molecular weight is 294 g/mol. The summed E-state index contributed by atoms with van der Waals surface area (Å²) in [5.41, 5.74) is 0.332. The zero-order valence-corrected chi connectivity index (χ0v) is 11.6. The first kappa shape index (κ1) is 13.8. The Bertz CT molecular complexity index is 533. The molecule has 2 aromatic rings. The van der Waals surface area contributed by atoms with Crippen LogP contribution in [0, 0.1) is 0 Å². The molecule has 0 saturated carbocycles. The summed E-state index contributed by atoms with van der Waals surface area (Å²) in [5, 5.41) is 3.51. The second kappa shape index (κ2) is 7.11. The van der Waals surface area contributed by atoms with Crippen LogP contribution in [0.1, 0.15) is 10.5 Å². The summed E-state index contributed by atoms with van der Waals surface area (Å²) >= 11 is 7.46. The third-order valence-corrected chi connectivity index (χ3v) is 3.53. The van der Waals surface area contributed by atoms with Crippen LogP contribution in [-0.2, 0) is 0 Å². The van der Waals surface area contributed by atoms with Gasteiger partial charge in [0, 0.05) is 34.6 Å².